The highest BCUT2D eigenvalue weighted by Crippen LogP contribution is 2.22. The molecule has 2 aromatic carbocycles. The molecule has 0 radical (unpaired) electrons. The van der Waals surface area contributed by atoms with Crippen molar-refractivity contribution < 1.29 is 4.79 Å². The number of nitrogens with zero attached hydrogens (tertiary/aromatic N) is 1. The number of hydrogen-bond acceptors (Lipinski definition) is 2. The molecular formula is C19H14N2O. The van der Waals surface area contributed by atoms with Crippen LogP contribution in [0, 0.1) is 18.3 Å². The number of hydrogen-bond donors (Lipinski definition) is 1. The molecule has 1 N–H and O–H groups in total. The number of Topliss-reactive ketones (excluding diaryl/α,β-unsaturated/α-hetero) is 1. The number of para-hydroxylation sites is 1. The summed E-state index contributed by atoms with van der Waals surface area (Å²) >= 11 is 0. The van der Waals surface area contributed by atoms with Crippen molar-refractivity contribution >= 4 is 22.8 Å². The maximum Gasteiger partial charge on any atom is 0.205 e. The van der Waals surface area contributed by atoms with Crippen molar-refractivity contribution in [2.45, 2.75) is 6.92 Å². The van der Waals surface area contributed by atoms with E-state index < -0.39 is 0 Å². The summed E-state index contributed by atoms with van der Waals surface area (Å²) in [5, 5.41) is 10.2. The van der Waals surface area contributed by atoms with Crippen molar-refractivity contribution in [3.8, 4) is 6.07 Å². The standard InChI is InChI=1S/C19H14N2O/c1-13-6-2-3-7-14(13)10-15(11-20)19(22)17-12-21-18-9-5-4-8-16(17)18/h2-10,12,21H,1H3/b15-10+. The molecule has 1 aromatic heterocycles. The summed E-state index contributed by atoms with van der Waals surface area (Å²) in [5.41, 5.74) is 3.46. The second kappa shape index (κ2) is 5.71. The highest BCUT2D eigenvalue weighted by atomic mass is 16.1. The van der Waals surface area contributed by atoms with Gasteiger partial charge < -0.3 is 4.98 Å². The number of fused-ring (bicyclic) bond motifs is 1. The molecule has 0 aliphatic carbocycles. The number of allylic oxidation sites excluding steroid dienone is 1. The Hall–Kier alpha value is -3.12. The lowest BCUT2D eigenvalue weighted by Gasteiger charge is -2.01. The summed E-state index contributed by atoms with van der Waals surface area (Å²) in [4.78, 5) is 15.7. The summed E-state index contributed by atoms with van der Waals surface area (Å²) in [5.74, 6) is -0.261. The Morgan fingerprint density at radius 2 is 1.86 bits per heavy atom. The van der Waals surface area contributed by atoms with Crippen LogP contribution in [0.2, 0.25) is 0 Å². The van der Waals surface area contributed by atoms with Crippen molar-refractivity contribution in [2.24, 2.45) is 0 Å². The van der Waals surface area contributed by atoms with Gasteiger partial charge in [-0.25, -0.2) is 0 Å². The van der Waals surface area contributed by atoms with Crippen LogP contribution in [0.3, 0.4) is 0 Å². The number of ketones is 1. The third-order valence-corrected chi connectivity index (χ3v) is 3.69. The van der Waals surface area contributed by atoms with E-state index in [9.17, 15) is 10.1 Å². The summed E-state index contributed by atoms with van der Waals surface area (Å²) < 4.78 is 0. The van der Waals surface area contributed by atoms with E-state index in [4.69, 9.17) is 0 Å². The highest BCUT2D eigenvalue weighted by Gasteiger charge is 2.16. The molecule has 3 rings (SSSR count). The van der Waals surface area contributed by atoms with Gasteiger partial charge in [-0.2, -0.15) is 5.26 Å². The largest absolute Gasteiger partial charge is 0.360 e. The lowest BCUT2D eigenvalue weighted by atomic mass is 10.00. The molecule has 0 aliphatic rings. The first-order chi connectivity index (χ1) is 10.7. The van der Waals surface area contributed by atoms with Crippen molar-refractivity contribution in [3.63, 3.8) is 0 Å². The number of H-pyrrole nitrogens is 1. The lowest BCUT2D eigenvalue weighted by molar-refractivity contribution is 0.104. The fourth-order valence-corrected chi connectivity index (χ4v) is 2.46. The average molecular weight is 286 g/mol. The van der Waals surface area contributed by atoms with Crippen LogP contribution < -0.4 is 0 Å². The molecule has 1 heterocycles. The molecule has 0 saturated carbocycles. The Bertz CT molecular complexity index is 926. The van der Waals surface area contributed by atoms with Crippen LogP contribution in [-0.4, -0.2) is 10.8 Å². The number of nitriles is 1. The Kier molecular flexibility index (Phi) is 3.59. The summed E-state index contributed by atoms with van der Waals surface area (Å²) in [6, 6.07) is 17.3. The number of carbonyl (C=O) groups is 1. The van der Waals surface area contributed by atoms with Crippen LogP contribution in [0.25, 0.3) is 17.0 Å². The molecular weight excluding hydrogens is 272 g/mol. The first-order valence-electron chi connectivity index (χ1n) is 6.99. The number of benzene rings is 2. The lowest BCUT2D eigenvalue weighted by Crippen LogP contribution is -2.01. The molecule has 0 atom stereocenters. The normalized spacial score (nSPS) is 11.4. The van der Waals surface area contributed by atoms with Crippen LogP contribution in [0.15, 0.2) is 60.3 Å². The van der Waals surface area contributed by atoms with Gasteiger partial charge >= 0.3 is 0 Å². The fourth-order valence-electron chi connectivity index (χ4n) is 2.46. The molecule has 0 aliphatic heterocycles. The molecule has 3 aromatic rings. The maximum absolute atomic E-state index is 12.7. The second-order valence-corrected chi connectivity index (χ2v) is 5.10. The van der Waals surface area contributed by atoms with E-state index in [0.717, 1.165) is 22.0 Å². The monoisotopic (exact) mass is 286 g/mol. The number of aromatic amines is 1. The number of aromatic nitrogens is 1. The van der Waals surface area contributed by atoms with Gasteiger partial charge in [-0.05, 0) is 30.2 Å². The van der Waals surface area contributed by atoms with E-state index in [2.05, 4.69) is 4.98 Å². The quantitative estimate of drug-likeness (QED) is 0.444. The van der Waals surface area contributed by atoms with E-state index in [0.29, 0.717) is 5.56 Å². The minimum atomic E-state index is -0.261. The zero-order valence-electron chi connectivity index (χ0n) is 12.1. The zero-order chi connectivity index (χ0) is 15.5. The Morgan fingerprint density at radius 1 is 1.14 bits per heavy atom. The predicted octanol–water partition coefficient (Wildman–Crippen LogP) is 4.27. The number of carbonyl (C=O) groups excluding carboxylic acids is 1. The van der Waals surface area contributed by atoms with Gasteiger partial charge in [0, 0.05) is 22.7 Å². The van der Waals surface area contributed by atoms with Crippen molar-refractivity contribution in [1.82, 2.24) is 4.98 Å². The van der Waals surface area contributed by atoms with Gasteiger partial charge in [0.05, 0.1) is 0 Å². The molecule has 0 spiro atoms. The minimum absolute atomic E-state index is 0.138. The maximum atomic E-state index is 12.7. The molecule has 3 heteroatoms. The molecule has 3 nitrogen and oxygen atoms in total. The molecule has 0 saturated heterocycles. The van der Waals surface area contributed by atoms with Gasteiger partial charge in [0.15, 0.2) is 0 Å². The molecule has 0 unspecified atom stereocenters. The van der Waals surface area contributed by atoms with Crippen molar-refractivity contribution in [3.05, 3.63) is 77.0 Å². The molecule has 22 heavy (non-hydrogen) atoms. The van der Waals surface area contributed by atoms with Crippen LogP contribution in [0.1, 0.15) is 21.5 Å². The highest BCUT2D eigenvalue weighted by molar-refractivity contribution is 6.19. The average Bonchev–Trinajstić information content (AvgIpc) is 2.97. The zero-order valence-corrected chi connectivity index (χ0v) is 12.1. The van der Waals surface area contributed by atoms with E-state index >= 15 is 0 Å². The van der Waals surface area contributed by atoms with Gasteiger partial charge in [0.1, 0.15) is 11.6 Å². The third-order valence-electron chi connectivity index (χ3n) is 3.69. The second-order valence-electron chi connectivity index (χ2n) is 5.10. The van der Waals surface area contributed by atoms with Crippen LogP contribution >= 0.6 is 0 Å². The van der Waals surface area contributed by atoms with Gasteiger partial charge in [-0.1, -0.05) is 42.5 Å². The Balaban J connectivity index is 2.06. The van der Waals surface area contributed by atoms with E-state index in [-0.39, 0.29) is 11.4 Å². The number of nitrogens with one attached hydrogen (secondary N) is 1. The van der Waals surface area contributed by atoms with Gasteiger partial charge in [0.25, 0.3) is 0 Å². The summed E-state index contributed by atoms with van der Waals surface area (Å²) in [6.45, 7) is 1.96. The number of rotatable bonds is 3. The van der Waals surface area contributed by atoms with Gasteiger partial charge in [-0.15, -0.1) is 0 Å². The predicted molar refractivity (Wildman–Crippen MR) is 87.4 cm³/mol. The SMILES string of the molecule is Cc1ccccc1/C=C(\C#N)C(=O)c1c[nH]c2ccccc12. The number of aryl methyl sites for hydroxylation is 1. The van der Waals surface area contributed by atoms with Gasteiger partial charge in [0.2, 0.25) is 5.78 Å². The van der Waals surface area contributed by atoms with Crippen LogP contribution in [0.5, 0.6) is 0 Å². The molecule has 106 valence electrons. The first kappa shape index (κ1) is 13.8. The Labute approximate surface area is 128 Å². The third kappa shape index (κ3) is 2.43. The molecule has 0 fully saturated rings. The van der Waals surface area contributed by atoms with Crippen molar-refractivity contribution in [2.75, 3.05) is 0 Å². The first-order valence-corrected chi connectivity index (χ1v) is 6.99. The van der Waals surface area contributed by atoms with E-state index in [1.54, 1.807) is 12.3 Å². The summed E-state index contributed by atoms with van der Waals surface area (Å²) in [7, 11) is 0. The van der Waals surface area contributed by atoms with Crippen molar-refractivity contribution in [1.29, 1.82) is 5.26 Å². The van der Waals surface area contributed by atoms with E-state index in [1.165, 1.54) is 0 Å². The smallest absolute Gasteiger partial charge is 0.205 e. The summed E-state index contributed by atoms with van der Waals surface area (Å²) in [6.07, 6.45) is 3.31. The van der Waals surface area contributed by atoms with Crippen LogP contribution in [-0.2, 0) is 0 Å². The van der Waals surface area contributed by atoms with Gasteiger partial charge in [-0.3, -0.25) is 4.79 Å². The van der Waals surface area contributed by atoms with E-state index in [1.807, 2.05) is 61.5 Å². The topological polar surface area (TPSA) is 56.6 Å². The fraction of sp³-hybridized carbons (Fsp3) is 0.0526. The molecule has 0 bridgehead atoms. The molecule has 0 amide bonds. The minimum Gasteiger partial charge on any atom is -0.360 e. The Morgan fingerprint density at radius 3 is 2.64 bits per heavy atom. The van der Waals surface area contributed by atoms with Crippen LogP contribution in [0.4, 0.5) is 0 Å².